The molecule has 0 aliphatic heterocycles. The molecule has 0 spiro atoms. The number of carbonyl (C=O) groups is 1. The van der Waals surface area contributed by atoms with Crippen molar-refractivity contribution in [2.75, 3.05) is 13.2 Å². The Kier molecular flexibility index (Phi) is 6.88. The molecule has 1 amide bonds. The first-order chi connectivity index (χ1) is 5.13. The van der Waals surface area contributed by atoms with Gasteiger partial charge in [-0.15, -0.1) is 0 Å². The molecule has 0 saturated carbocycles. The Hall–Kier alpha value is -0.650. The quantitative estimate of drug-likeness (QED) is 0.449. The lowest BCUT2D eigenvalue weighted by Gasteiger charge is -2.24. The van der Waals surface area contributed by atoms with Crippen molar-refractivity contribution in [1.29, 1.82) is 0 Å². The minimum absolute atomic E-state index is 0. The van der Waals surface area contributed by atoms with Gasteiger partial charge in [0.25, 0.3) is 0 Å². The number of aliphatic hydroxyl groups is 2. The van der Waals surface area contributed by atoms with E-state index in [1.54, 1.807) is 0 Å². The molecule has 74 valence electrons. The standard InChI is InChI=1S/C7H15NO3.H3N/c1-2-3-7(4-9,5-10)6(8)11;/h9-10H,2-5H2,1H3,(H2,8,11);1H3. The van der Waals surface area contributed by atoms with Crippen LogP contribution < -0.4 is 11.9 Å². The van der Waals surface area contributed by atoms with Crippen molar-refractivity contribution in [3.8, 4) is 0 Å². The minimum atomic E-state index is -1.12. The summed E-state index contributed by atoms with van der Waals surface area (Å²) in [7, 11) is 0. The average Bonchev–Trinajstić information content (AvgIpc) is 2.00. The highest BCUT2D eigenvalue weighted by Crippen LogP contribution is 2.21. The largest absolute Gasteiger partial charge is 0.395 e. The van der Waals surface area contributed by atoms with Crippen LogP contribution in [0.3, 0.4) is 0 Å². The van der Waals surface area contributed by atoms with E-state index < -0.39 is 11.3 Å². The molecule has 0 fully saturated rings. The van der Waals surface area contributed by atoms with Gasteiger partial charge in [-0.2, -0.15) is 0 Å². The first-order valence-electron chi connectivity index (χ1n) is 3.64. The summed E-state index contributed by atoms with van der Waals surface area (Å²) in [5, 5.41) is 17.6. The maximum atomic E-state index is 10.8. The Bertz CT molecular complexity index is 135. The van der Waals surface area contributed by atoms with Crippen molar-refractivity contribution in [3.63, 3.8) is 0 Å². The van der Waals surface area contributed by atoms with Crippen molar-refractivity contribution < 1.29 is 15.0 Å². The molecule has 0 radical (unpaired) electrons. The van der Waals surface area contributed by atoms with Crippen LogP contribution in [0, 0.1) is 5.41 Å². The predicted octanol–water partition coefficient (Wildman–Crippen LogP) is -0.595. The van der Waals surface area contributed by atoms with Crippen LogP contribution in [-0.2, 0) is 4.79 Å². The van der Waals surface area contributed by atoms with Crippen LogP contribution in [0.4, 0.5) is 0 Å². The lowest BCUT2D eigenvalue weighted by molar-refractivity contribution is -0.133. The summed E-state index contributed by atoms with van der Waals surface area (Å²) in [5.41, 5.74) is 3.90. The predicted molar refractivity (Wildman–Crippen MR) is 45.7 cm³/mol. The van der Waals surface area contributed by atoms with Gasteiger partial charge in [0.15, 0.2) is 0 Å². The Morgan fingerprint density at radius 3 is 1.92 bits per heavy atom. The summed E-state index contributed by atoms with van der Waals surface area (Å²) in [6, 6.07) is 0. The molecule has 0 saturated heterocycles. The number of hydrogen-bond donors (Lipinski definition) is 4. The third kappa shape index (κ3) is 2.77. The molecule has 0 rings (SSSR count). The lowest BCUT2D eigenvalue weighted by Crippen LogP contribution is -2.43. The molecule has 5 heteroatoms. The summed E-state index contributed by atoms with van der Waals surface area (Å²) >= 11 is 0. The second-order valence-corrected chi connectivity index (χ2v) is 2.71. The van der Waals surface area contributed by atoms with Crippen LogP contribution in [0.25, 0.3) is 0 Å². The lowest BCUT2D eigenvalue weighted by atomic mass is 9.84. The first-order valence-corrected chi connectivity index (χ1v) is 3.64. The monoisotopic (exact) mass is 178 g/mol. The number of aliphatic hydroxyl groups excluding tert-OH is 2. The second-order valence-electron chi connectivity index (χ2n) is 2.71. The maximum absolute atomic E-state index is 10.8. The van der Waals surface area contributed by atoms with Gasteiger partial charge in [-0.05, 0) is 6.42 Å². The molecule has 0 aromatic heterocycles. The molecule has 0 bridgehead atoms. The van der Waals surface area contributed by atoms with Crippen molar-refractivity contribution in [2.24, 2.45) is 11.1 Å². The Labute approximate surface area is 72.2 Å². The summed E-state index contributed by atoms with van der Waals surface area (Å²) in [6.07, 6.45) is 1.14. The normalized spacial score (nSPS) is 10.6. The summed E-state index contributed by atoms with van der Waals surface area (Å²) in [4.78, 5) is 10.8. The van der Waals surface area contributed by atoms with Gasteiger partial charge in [-0.1, -0.05) is 13.3 Å². The molecular weight excluding hydrogens is 160 g/mol. The molecule has 0 heterocycles. The fourth-order valence-corrected chi connectivity index (χ4v) is 0.966. The van der Waals surface area contributed by atoms with E-state index in [1.807, 2.05) is 6.92 Å². The van der Waals surface area contributed by atoms with E-state index in [4.69, 9.17) is 15.9 Å². The highest BCUT2D eigenvalue weighted by Gasteiger charge is 2.34. The van der Waals surface area contributed by atoms with E-state index in [0.29, 0.717) is 12.8 Å². The van der Waals surface area contributed by atoms with E-state index >= 15 is 0 Å². The average molecular weight is 178 g/mol. The van der Waals surface area contributed by atoms with Crippen molar-refractivity contribution in [2.45, 2.75) is 19.8 Å². The number of nitrogens with two attached hydrogens (primary N) is 1. The Morgan fingerprint density at radius 2 is 1.83 bits per heavy atom. The van der Waals surface area contributed by atoms with Crippen LogP contribution in [0.15, 0.2) is 0 Å². The van der Waals surface area contributed by atoms with Crippen LogP contribution in [0.5, 0.6) is 0 Å². The fourth-order valence-electron chi connectivity index (χ4n) is 0.966. The van der Waals surface area contributed by atoms with Crippen molar-refractivity contribution in [1.82, 2.24) is 6.15 Å². The molecule has 7 N–H and O–H groups in total. The number of carbonyl (C=O) groups excluding carboxylic acids is 1. The first kappa shape index (κ1) is 13.9. The second kappa shape index (κ2) is 5.93. The number of primary amides is 1. The number of amides is 1. The minimum Gasteiger partial charge on any atom is -0.395 e. The summed E-state index contributed by atoms with van der Waals surface area (Å²) in [5.74, 6) is -0.635. The highest BCUT2D eigenvalue weighted by molar-refractivity contribution is 5.81. The van der Waals surface area contributed by atoms with Crippen LogP contribution in [-0.4, -0.2) is 29.3 Å². The van der Waals surface area contributed by atoms with Crippen LogP contribution in [0.2, 0.25) is 0 Å². The number of rotatable bonds is 5. The van der Waals surface area contributed by atoms with Gasteiger partial charge in [0, 0.05) is 0 Å². The van der Waals surface area contributed by atoms with Gasteiger partial charge in [0.05, 0.1) is 18.6 Å². The molecule has 5 nitrogen and oxygen atoms in total. The molecule has 0 aromatic rings. The van der Waals surface area contributed by atoms with Crippen LogP contribution >= 0.6 is 0 Å². The Balaban J connectivity index is 0. The number of hydrogen-bond acceptors (Lipinski definition) is 4. The zero-order valence-electron chi connectivity index (χ0n) is 7.42. The van der Waals surface area contributed by atoms with Gasteiger partial charge in [0.2, 0.25) is 5.91 Å². The van der Waals surface area contributed by atoms with E-state index in [1.165, 1.54) is 0 Å². The molecular formula is C7H18N2O3. The molecule has 12 heavy (non-hydrogen) atoms. The Morgan fingerprint density at radius 1 is 1.42 bits per heavy atom. The van der Waals surface area contributed by atoms with Gasteiger partial charge in [0.1, 0.15) is 0 Å². The molecule has 0 atom stereocenters. The zero-order valence-corrected chi connectivity index (χ0v) is 7.42. The van der Waals surface area contributed by atoms with E-state index in [0.717, 1.165) is 0 Å². The molecule has 0 unspecified atom stereocenters. The molecule has 0 aliphatic rings. The molecule has 0 aromatic carbocycles. The van der Waals surface area contributed by atoms with Gasteiger partial charge in [-0.25, -0.2) is 0 Å². The van der Waals surface area contributed by atoms with Gasteiger partial charge >= 0.3 is 0 Å². The maximum Gasteiger partial charge on any atom is 0.228 e. The van der Waals surface area contributed by atoms with E-state index in [-0.39, 0.29) is 19.4 Å². The van der Waals surface area contributed by atoms with E-state index in [9.17, 15) is 4.79 Å². The fraction of sp³-hybridized carbons (Fsp3) is 0.857. The van der Waals surface area contributed by atoms with Crippen molar-refractivity contribution >= 4 is 5.91 Å². The highest BCUT2D eigenvalue weighted by atomic mass is 16.3. The smallest absolute Gasteiger partial charge is 0.228 e. The molecule has 0 aliphatic carbocycles. The summed E-state index contributed by atoms with van der Waals surface area (Å²) in [6.45, 7) is 1.10. The van der Waals surface area contributed by atoms with Crippen LogP contribution in [0.1, 0.15) is 19.8 Å². The third-order valence-electron chi connectivity index (χ3n) is 1.86. The van der Waals surface area contributed by atoms with Gasteiger partial charge in [-0.3, -0.25) is 4.79 Å². The third-order valence-corrected chi connectivity index (χ3v) is 1.86. The topological polar surface area (TPSA) is 119 Å². The van der Waals surface area contributed by atoms with Crippen molar-refractivity contribution in [3.05, 3.63) is 0 Å². The van der Waals surface area contributed by atoms with Gasteiger partial charge < -0.3 is 22.1 Å². The van der Waals surface area contributed by atoms with E-state index in [2.05, 4.69) is 0 Å². The summed E-state index contributed by atoms with van der Waals surface area (Å²) < 4.78 is 0. The SMILES string of the molecule is CCCC(CO)(CO)C(N)=O.N. The zero-order chi connectivity index (χ0) is 8.91.